The van der Waals surface area contributed by atoms with Crippen LogP contribution < -0.4 is 10.0 Å². The molecule has 1 fully saturated rings. The summed E-state index contributed by atoms with van der Waals surface area (Å²) >= 11 is 0. The summed E-state index contributed by atoms with van der Waals surface area (Å²) in [6, 6.07) is 7.86. The summed E-state index contributed by atoms with van der Waals surface area (Å²) in [7, 11) is -3.14. The van der Waals surface area contributed by atoms with Crippen molar-refractivity contribution in [1.29, 1.82) is 0 Å². The highest BCUT2D eigenvalue weighted by atomic mass is 32.2. The third-order valence-corrected chi connectivity index (χ3v) is 5.82. The summed E-state index contributed by atoms with van der Waals surface area (Å²) in [6.45, 7) is 4.66. The average molecular weight is 350 g/mol. The van der Waals surface area contributed by atoms with Crippen molar-refractivity contribution in [3.8, 4) is 11.4 Å². The van der Waals surface area contributed by atoms with Crippen LogP contribution in [0.2, 0.25) is 0 Å². The predicted molar refractivity (Wildman–Crippen MR) is 90.7 cm³/mol. The van der Waals surface area contributed by atoms with Crippen molar-refractivity contribution in [2.24, 2.45) is 0 Å². The van der Waals surface area contributed by atoms with E-state index in [-0.39, 0.29) is 11.3 Å². The lowest BCUT2D eigenvalue weighted by Gasteiger charge is -2.13. The summed E-state index contributed by atoms with van der Waals surface area (Å²) in [5, 5.41) is 6.97. The van der Waals surface area contributed by atoms with Gasteiger partial charge in [0, 0.05) is 18.2 Å². The van der Waals surface area contributed by atoms with Gasteiger partial charge in [-0.3, -0.25) is 0 Å². The zero-order valence-electron chi connectivity index (χ0n) is 13.8. The topological polar surface area (TPSA) is 97.1 Å². The highest BCUT2D eigenvalue weighted by molar-refractivity contribution is 7.90. The highest BCUT2D eigenvalue weighted by Crippen LogP contribution is 2.27. The average Bonchev–Trinajstić information content (AvgIpc) is 3.31. The van der Waals surface area contributed by atoms with Crippen LogP contribution in [0.3, 0.4) is 0 Å². The minimum absolute atomic E-state index is 0.0344. The van der Waals surface area contributed by atoms with E-state index in [0.717, 1.165) is 24.0 Å². The molecule has 0 bridgehead atoms. The molecule has 1 saturated carbocycles. The molecule has 1 atom stereocenters. The second-order valence-corrected chi connectivity index (χ2v) is 8.30. The molecule has 2 aromatic rings. The Balaban J connectivity index is 1.50. The number of aryl methyl sites for hydroxylation is 1. The van der Waals surface area contributed by atoms with E-state index >= 15 is 0 Å². The smallest absolute Gasteiger partial charge is 0.240 e. The molecule has 2 N–H and O–H groups in total. The van der Waals surface area contributed by atoms with Gasteiger partial charge in [-0.25, -0.2) is 13.1 Å². The number of sulfonamides is 1. The lowest BCUT2D eigenvalue weighted by molar-refractivity contribution is 0.359. The summed E-state index contributed by atoms with van der Waals surface area (Å²) in [5.74, 6) is 1.03. The minimum Gasteiger partial charge on any atom is -0.338 e. The Morgan fingerprint density at radius 1 is 1.38 bits per heavy atom. The largest absolute Gasteiger partial charge is 0.338 e. The van der Waals surface area contributed by atoms with Crippen LogP contribution in [0.5, 0.6) is 0 Å². The third kappa shape index (κ3) is 4.40. The van der Waals surface area contributed by atoms with E-state index in [1.807, 2.05) is 38.1 Å². The molecule has 7 nitrogen and oxygen atoms in total. The fraction of sp³-hybridized carbons (Fsp3) is 0.500. The molecular weight excluding hydrogens is 328 g/mol. The van der Waals surface area contributed by atoms with Crippen molar-refractivity contribution in [3.05, 3.63) is 35.7 Å². The molecule has 0 aliphatic heterocycles. The number of hydrogen-bond donors (Lipinski definition) is 2. The van der Waals surface area contributed by atoms with Crippen molar-refractivity contribution < 1.29 is 12.9 Å². The van der Waals surface area contributed by atoms with Gasteiger partial charge < -0.3 is 9.84 Å². The molecule has 1 aliphatic carbocycles. The van der Waals surface area contributed by atoms with Crippen LogP contribution in [0.4, 0.5) is 0 Å². The van der Waals surface area contributed by atoms with Gasteiger partial charge in [-0.05, 0) is 32.8 Å². The lowest BCUT2D eigenvalue weighted by Crippen LogP contribution is -2.39. The molecule has 8 heteroatoms. The molecule has 1 heterocycles. The molecule has 0 saturated heterocycles. The molecule has 130 valence electrons. The van der Waals surface area contributed by atoms with Crippen molar-refractivity contribution in [2.45, 2.75) is 44.5 Å². The fourth-order valence-electron chi connectivity index (χ4n) is 2.30. The Morgan fingerprint density at radius 2 is 2.17 bits per heavy atom. The number of benzene rings is 1. The Hall–Kier alpha value is -1.77. The predicted octanol–water partition coefficient (Wildman–Crippen LogP) is 1.60. The highest BCUT2D eigenvalue weighted by Gasteiger charge is 2.35. The molecule has 0 amide bonds. The van der Waals surface area contributed by atoms with Gasteiger partial charge in [-0.2, -0.15) is 4.98 Å². The van der Waals surface area contributed by atoms with Gasteiger partial charge in [0.15, 0.2) is 0 Å². The summed E-state index contributed by atoms with van der Waals surface area (Å²) in [6.07, 6.45) is 1.53. The van der Waals surface area contributed by atoms with Gasteiger partial charge in [0.1, 0.15) is 0 Å². The Morgan fingerprint density at radius 3 is 2.88 bits per heavy atom. The maximum absolute atomic E-state index is 11.8. The number of rotatable bonds is 8. The summed E-state index contributed by atoms with van der Waals surface area (Å²) < 4.78 is 31.4. The normalized spacial score (nSPS) is 16.2. The van der Waals surface area contributed by atoms with Crippen molar-refractivity contribution in [1.82, 2.24) is 20.2 Å². The number of aromatic nitrogens is 2. The van der Waals surface area contributed by atoms with Crippen LogP contribution in [-0.4, -0.2) is 36.4 Å². The molecule has 0 unspecified atom stereocenters. The molecule has 3 rings (SSSR count). The molecule has 1 aromatic heterocycles. The maximum atomic E-state index is 11.8. The van der Waals surface area contributed by atoms with E-state index in [4.69, 9.17) is 4.52 Å². The lowest BCUT2D eigenvalue weighted by atomic mass is 10.1. The molecule has 1 aliphatic rings. The van der Waals surface area contributed by atoms with Crippen molar-refractivity contribution in [3.63, 3.8) is 0 Å². The van der Waals surface area contributed by atoms with Gasteiger partial charge in [0.25, 0.3) is 0 Å². The zero-order valence-corrected chi connectivity index (χ0v) is 14.6. The Bertz CT molecular complexity index is 799. The van der Waals surface area contributed by atoms with Gasteiger partial charge in [-0.15, -0.1) is 0 Å². The minimum atomic E-state index is -3.14. The Kier molecular flexibility index (Phi) is 4.98. The first kappa shape index (κ1) is 17.1. The SMILES string of the molecule is Cc1cccc(-c2noc(CN[C@@H](C)CNS(=O)(=O)C3CC3)n2)c1. The second kappa shape index (κ2) is 7.00. The molecule has 1 aromatic carbocycles. The van der Waals surface area contributed by atoms with Crippen molar-refractivity contribution >= 4 is 10.0 Å². The maximum Gasteiger partial charge on any atom is 0.240 e. The van der Waals surface area contributed by atoms with E-state index in [9.17, 15) is 8.42 Å². The fourth-order valence-corrected chi connectivity index (χ4v) is 3.77. The molecular formula is C16H22N4O3S. The third-order valence-electron chi connectivity index (χ3n) is 3.90. The first-order valence-corrected chi connectivity index (χ1v) is 9.60. The van der Waals surface area contributed by atoms with E-state index < -0.39 is 10.0 Å². The van der Waals surface area contributed by atoms with Gasteiger partial charge in [0.05, 0.1) is 11.8 Å². The van der Waals surface area contributed by atoms with Crippen LogP contribution in [0.1, 0.15) is 31.2 Å². The summed E-state index contributed by atoms with van der Waals surface area (Å²) in [4.78, 5) is 4.36. The van der Waals surface area contributed by atoms with Crippen molar-refractivity contribution in [2.75, 3.05) is 6.54 Å². The number of hydrogen-bond acceptors (Lipinski definition) is 6. The Labute approximate surface area is 141 Å². The van der Waals surface area contributed by atoms with Crippen LogP contribution in [-0.2, 0) is 16.6 Å². The first-order chi connectivity index (χ1) is 11.4. The standard InChI is InChI=1S/C16H22N4O3S/c1-11-4-3-5-13(8-11)16-19-15(23-20-16)10-17-12(2)9-18-24(21,22)14-6-7-14/h3-5,8,12,14,17-18H,6-7,9-10H2,1-2H3/t12-/m0/s1. The molecule has 0 spiro atoms. The van der Waals surface area contributed by atoms with Crippen LogP contribution in [0.15, 0.2) is 28.8 Å². The van der Waals surface area contributed by atoms with Gasteiger partial charge in [-0.1, -0.05) is 28.9 Å². The van der Waals surface area contributed by atoms with E-state index in [2.05, 4.69) is 20.2 Å². The second-order valence-electron chi connectivity index (χ2n) is 6.26. The monoisotopic (exact) mass is 350 g/mol. The zero-order chi connectivity index (χ0) is 17.2. The molecule has 0 radical (unpaired) electrons. The molecule has 24 heavy (non-hydrogen) atoms. The number of nitrogens with zero attached hydrogens (tertiary/aromatic N) is 2. The van der Waals surface area contributed by atoms with E-state index in [0.29, 0.717) is 24.8 Å². The van der Waals surface area contributed by atoms with Crippen LogP contribution >= 0.6 is 0 Å². The van der Waals surface area contributed by atoms with E-state index in [1.165, 1.54) is 0 Å². The van der Waals surface area contributed by atoms with Crippen LogP contribution in [0.25, 0.3) is 11.4 Å². The van der Waals surface area contributed by atoms with Crippen LogP contribution in [0, 0.1) is 6.92 Å². The van der Waals surface area contributed by atoms with Gasteiger partial charge >= 0.3 is 0 Å². The number of nitrogens with one attached hydrogen (secondary N) is 2. The van der Waals surface area contributed by atoms with E-state index in [1.54, 1.807) is 0 Å². The summed E-state index contributed by atoms with van der Waals surface area (Å²) in [5.41, 5.74) is 2.05. The van der Waals surface area contributed by atoms with Gasteiger partial charge in [0.2, 0.25) is 21.7 Å². The quantitative estimate of drug-likeness (QED) is 0.751. The first-order valence-electron chi connectivity index (χ1n) is 8.05.